The summed E-state index contributed by atoms with van der Waals surface area (Å²) >= 11 is 0. The van der Waals surface area contributed by atoms with E-state index in [2.05, 4.69) is 11.6 Å². The summed E-state index contributed by atoms with van der Waals surface area (Å²) in [7, 11) is 0. The monoisotopic (exact) mass is 221 g/mol. The molecule has 1 rings (SSSR count). The fourth-order valence-corrected chi connectivity index (χ4v) is 1.45. The minimum Gasteiger partial charge on any atom is -0.480 e. The SMILES string of the molecule is C=Cc1[nH]cc(CC(N)C(=O)O)c1/C=C\N. The topological polar surface area (TPSA) is 105 Å². The van der Waals surface area contributed by atoms with Crippen molar-refractivity contribution in [3.05, 3.63) is 35.8 Å². The maximum atomic E-state index is 10.7. The summed E-state index contributed by atoms with van der Waals surface area (Å²) in [6.07, 6.45) is 6.70. The number of carbonyl (C=O) groups is 1. The van der Waals surface area contributed by atoms with Crippen molar-refractivity contribution in [2.24, 2.45) is 11.5 Å². The standard InChI is InChI=1S/C11H15N3O2/c1-2-10-8(3-4-12)7(6-14-10)5-9(13)11(15)16/h2-4,6,9,14H,1,5,12-13H2,(H,15,16)/b4-3-. The molecule has 0 amide bonds. The average molecular weight is 221 g/mol. The number of carboxylic acids is 1. The Labute approximate surface area is 93.5 Å². The number of carboxylic acid groups (broad SMARTS) is 1. The highest BCUT2D eigenvalue weighted by atomic mass is 16.4. The fraction of sp³-hybridized carbons (Fsp3) is 0.182. The normalized spacial score (nSPS) is 12.8. The van der Waals surface area contributed by atoms with Gasteiger partial charge in [-0.3, -0.25) is 4.79 Å². The van der Waals surface area contributed by atoms with Gasteiger partial charge in [0.25, 0.3) is 0 Å². The van der Waals surface area contributed by atoms with E-state index in [1.165, 1.54) is 6.20 Å². The minimum absolute atomic E-state index is 0.249. The average Bonchev–Trinajstić information content (AvgIpc) is 2.61. The van der Waals surface area contributed by atoms with Crippen molar-refractivity contribution in [1.82, 2.24) is 4.98 Å². The van der Waals surface area contributed by atoms with Crippen molar-refractivity contribution in [3.8, 4) is 0 Å². The number of nitrogens with one attached hydrogen (secondary N) is 1. The van der Waals surface area contributed by atoms with Crippen LogP contribution in [0.4, 0.5) is 0 Å². The van der Waals surface area contributed by atoms with E-state index in [-0.39, 0.29) is 6.42 Å². The van der Waals surface area contributed by atoms with Crippen LogP contribution in [0, 0.1) is 0 Å². The largest absolute Gasteiger partial charge is 0.480 e. The summed E-state index contributed by atoms with van der Waals surface area (Å²) in [5.41, 5.74) is 13.2. The molecule has 1 heterocycles. The van der Waals surface area contributed by atoms with Crippen LogP contribution in [0.25, 0.3) is 12.2 Å². The van der Waals surface area contributed by atoms with Crippen LogP contribution in [0.3, 0.4) is 0 Å². The Kier molecular flexibility index (Phi) is 3.90. The number of aromatic nitrogens is 1. The Balaban J connectivity index is 3.00. The molecule has 1 aromatic rings. The first-order chi connectivity index (χ1) is 7.60. The molecular formula is C11H15N3O2. The van der Waals surface area contributed by atoms with Crippen molar-refractivity contribution in [1.29, 1.82) is 0 Å². The van der Waals surface area contributed by atoms with E-state index >= 15 is 0 Å². The fourth-order valence-electron chi connectivity index (χ4n) is 1.45. The van der Waals surface area contributed by atoms with Crippen LogP contribution < -0.4 is 11.5 Å². The molecule has 6 N–H and O–H groups in total. The molecule has 0 saturated heterocycles. The Morgan fingerprint density at radius 3 is 2.88 bits per heavy atom. The highest BCUT2D eigenvalue weighted by Crippen LogP contribution is 2.18. The lowest BCUT2D eigenvalue weighted by Crippen LogP contribution is -2.32. The minimum atomic E-state index is -1.02. The van der Waals surface area contributed by atoms with Crippen molar-refractivity contribution >= 4 is 18.1 Å². The first-order valence-electron chi connectivity index (χ1n) is 4.79. The summed E-state index contributed by atoms with van der Waals surface area (Å²) in [6, 6.07) is -0.918. The number of aromatic amines is 1. The van der Waals surface area contributed by atoms with Crippen molar-refractivity contribution in [2.75, 3.05) is 0 Å². The molecule has 0 fully saturated rings. The second-order valence-corrected chi connectivity index (χ2v) is 3.35. The number of aliphatic carboxylic acids is 1. The molecule has 1 aromatic heterocycles. The number of nitrogens with two attached hydrogens (primary N) is 2. The molecule has 5 heteroatoms. The molecule has 0 aliphatic carbocycles. The van der Waals surface area contributed by atoms with E-state index in [0.717, 1.165) is 16.8 Å². The van der Waals surface area contributed by atoms with E-state index in [9.17, 15) is 4.79 Å². The van der Waals surface area contributed by atoms with Gasteiger partial charge in [0.2, 0.25) is 0 Å². The molecule has 0 spiro atoms. The second kappa shape index (κ2) is 5.18. The van der Waals surface area contributed by atoms with E-state index in [1.807, 2.05) is 0 Å². The predicted octanol–water partition coefficient (Wildman–Crippen LogP) is 0.541. The maximum absolute atomic E-state index is 10.7. The molecule has 0 bridgehead atoms. The lowest BCUT2D eigenvalue weighted by molar-refractivity contribution is -0.138. The quantitative estimate of drug-likeness (QED) is 0.582. The van der Waals surface area contributed by atoms with Gasteiger partial charge in [-0.1, -0.05) is 6.58 Å². The third-order valence-electron chi connectivity index (χ3n) is 2.26. The lowest BCUT2D eigenvalue weighted by atomic mass is 10.0. The van der Waals surface area contributed by atoms with Crippen LogP contribution in [0.15, 0.2) is 19.0 Å². The molecule has 0 radical (unpaired) electrons. The van der Waals surface area contributed by atoms with E-state index in [0.29, 0.717) is 0 Å². The first kappa shape index (κ1) is 12.1. The summed E-state index contributed by atoms with van der Waals surface area (Å²) in [6.45, 7) is 3.65. The molecule has 0 aliphatic heterocycles. The van der Waals surface area contributed by atoms with Gasteiger partial charge >= 0.3 is 5.97 Å². The van der Waals surface area contributed by atoms with Crippen LogP contribution >= 0.6 is 0 Å². The zero-order valence-corrected chi connectivity index (χ0v) is 8.81. The van der Waals surface area contributed by atoms with Gasteiger partial charge in [-0.25, -0.2) is 0 Å². The third kappa shape index (κ3) is 2.52. The van der Waals surface area contributed by atoms with E-state index in [1.54, 1.807) is 18.3 Å². The Morgan fingerprint density at radius 1 is 1.69 bits per heavy atom. The molecule has 0 aromatic carbocycles. The van der Waals surface area contributed by atoms with Crippen molar-refractivity contribution < 1.29 is 9.90 Å². The van der Waals surface area contributed by atoms with Crippen LogP contribution in [0.2, 0.25) is 0 Å². The van der Waals surface area contributed by atoms with E-state index < -0.39 is 12.0 Å². The van der Waals surface area contributed by atoms with E-state index in [4.69, 9.17) is 16.6 Å². The second-order valence-electron chi connectivity index (χ2n) is 3.35. The van der Waals surface area contributed by atoms with Gasteiger partial charge < -0.3 is 21.6 Å². The molecule has 1 atom stereocenters. The Morgan fingerprint density at radius 2 is 2.38 bits per heavy atom. The van der Waals surface area contributed by atoms with Crippen LogP contribution in [-0.4, -0.2) is 22.1 Å². The molecule has 1 unspecified atom stereocenters. The number of hydrogen-bond acceptors (Lipinski definition) is 3. The van der Waals surface area contributed by atoms with Crippen molar-refractivity contribution in [2.45, 2.75) is 12.5 Å². The molecule has 16 heavy (non-hydrogen) atoms. The maximum Gasteiger partial charge on any atom is 0.320 e. The predicted molar refractivity (Wildman–Crippen MR) is 63.4 cm³/mol. The van der Waals surface area contributed by atoms with Gasteiger partial charge in [0.1, 0.15) is 6.04 Å². The molecule has 86 valence electrons. The first-order valence-corrected chi connectivity index (χ1v) is 4.79. The van der Waals surface area contributed by atoms with Crippen LogP contribution in [-0.2, 0) is 11.2 Å². The summed E-state index contributed by atoms with van der Waals surface area (Å²) in [4.78, 5) is 13.6. The lowest BCUT2D eigenvalue weighted by Gasteiger charge is -2.05. The number of H-pyrrole nitrogens is 1. The smallest absolute Gasteiger partial charge is 0.320 e. The highest BCUT2D eigenvalue weighted by Gasteiger charge is 2.15. The molecular weight excluding hydrogens is 206 g/mol. The Bertz CT molecular complexity index is 421. The zero-order chi connectivity index (χ0) is 12.1. The summed E-state index contributed by atoms with van der Waals surface area (Å²) in [5.74, 6) is -1.02. The van der Waals surface area contributed by atoms with Gasteiger partial charge in [-0.2, -0.15) is 0 Å². The zero-order valence-electron chi connectivity index (χ0n) is 8.81. The van der Waals surface area contributed by atoms with Crippen LogP contribution in [0.5, 0.6) is 0 Å². The summed E-state index contributed by atoms with van der Waals surface area (Å²) < 4.78 is 0. The van der Waals surface area contributed by atoms with Gasteiger partial charge in [0.15, 0.2) is 0 Å². The van der Waals surface area contributed by atoms with Gasteiger partial charge in [0.05, 0.1) is 0 Å². The van der Waals surface area contributed by atoms with Crippen LogP contribution in [0.1, 0.15) is 16.8 Å². The van der Waals surface area contributed by atoms with Gasteiger partial charge in [-0.15, -0.1) is 0 Å². The molecule has 0 saturated carbocycles. The highest BCUT2D eigenvalue weighted by molar-refractivity contribution is 5.74. The number of rotatable bonds is 5. The summed E-state index contributed by atoms with van der Waals surface area (Å²) in [5, 5.41) is 8.73. The van der Waals surface area contributed by atoms with Crippen molar-refractivity contribution in [3.63, 3.8) is 0 Å². The van der Waals surface area contributed by atoms with Gasteiger partial charge in [0, 0.05) is 23.9 Å². The molecule has 5 nitrogen and oxygen atoms in total. The molecule has 0 aliphatic rings. The number of hydrogen-bond donors (Lipinski definition) is 4. The Hall–Kier alpha value is -2.01. The third-order valence-corrected chi connectivity index (χ3v) is 2.26. The van der Waals surface area contributed by atoms with Gasteiger partial charge in [-0.05, 0) is 23.9 Å².